The van der Waals surface area contributed by atoms with Gasteiger partial charge in [0.15, 0.2) is 0 Å². The summed E-state index contributed by atoms with van der Waals surface area (Å²) in [6.07, 6.45) is 20.2. The first-order chi connectivity index (χ1) is 17.5. The van der Waals surface area contributed by atoms with Crippen molar-refractivity contribution in [2.24, 2.45) is 0 Å². The highest BCUT2D eigenvalue weighted by Crippen LogP contribution is 2.18. The fourth-order valence-electron chi connectivity index (χ4n) is 4.38. The summed E-state index contributed by atoms with van der Waals surface area (Å²) >= 11 is 0. The van der Waals surface area contributed by atoms with Crippen LogP contribution in [0.1, 0.15) is 126 Å². The van der Waals surface area contributed by atoms with Gasteiger partial charge in [0.05, 0.1) is 0 Å². The van der Waals surface area contributed by atoms with Crippen LogP contribution in [0.4, 0.5) is 5.69 Å². The first-order valence-electron chi connectivity index (χ1n) is 14.6. The number of carbonyl (C=O) groups is 1. The van der Waals surface area contributed by atoms with Crippen LogP contribution in [0.15, 0.2) is 48.5 Å². The highest BCUT2D eigenvalue weighted by atomic mass is 16.4. The minimum Gasteiger partial charge on any atom is -0.481 e. The van der Waals surface area contributed by atoms with Crippen molar-refractivity contribution in [3.63, 3.8) is 0 Å². The van der Waals surface area contributed by atoms with Crippen LogP contribution in [0, 0.1) is 13.8 Å². The van der Waals surface area contributed by atoms with E-state index in [0.29, 0.717) is 6.42 Å². The molecule has 0 atom stereocenters. The van der Waals surface area contributed by atoms with Crippen molar-refractivity contribution in [2.75, 3.05) is 5.32 Å². The number of aliphatic carboxylic acids is 1. The molecule has 0 unspecified atom stereocenters. The molecule has 2 N–H and O–H groups in total. The van der Waals surface area contributed by atoms with Crippen molar-refractivity contribution in [2.45, 2.75) is 130 Å². The summed E-state index contributed by atoms with van der Waals surface area (Å²) in [6, 6.07) is 16.8. The second-order valence-corrected chi connectivity index (χ2v) is 10.2. The van der Waals surface area contributed by atoms with E-state index in [-0.39, 0.29) is 0 Å². The predicted molar refractivity (Wildman–Crippen MR) is 157 cm³/mol. The van der Waals surface area contributed by atoms with E-state index in [1.54, 1.807) is 0 Å². The maximum Gasteiger partial charge on any atom is 0.303 e. The lowest BCUT2D eigenvalue weighted by Gasteiger charge is -2.11. The Morgan fingerprint density at radius 2 is 1.17 bits per heavy atom. The highest BCUT2D eigenvalue weighted by Gasteiger charge is 2.00. The Kier molecular flexibility index (Phi) is 19.4. The summed E-state index contributed by atoms with van der Waals surface area (Å²) in [4.78, 5) is 10.3. The van der Waals surface area contributed by atoms with Crippen LogP contribution >= 0.6 is 0 Å². The van der Waals surface area contributed by atoms with Crippen molar-refractivity contribution >= 4 is 11.7 Å². The fourth-order valence-corrected chi connectivity index (χ4v) is 4.38. The van der Waals surface area contributed by atoms with Crippen LogP contribution in [-0.4, -0.2) is 11.1 Å². The highest BCUT2D eigenvalue weighted by molar-refractivity contribution is 5.66. The van der Waals surface area contributed by atoms with E-state index in [1.165, 1.54) is 106 Å². The summed E-state index contributed by atoms with van der Waals surface area (Å²) in [7, 11) is 0. The third-order valence-corrected chi connectivity index (χ3v) is 6.92. The van der Waals surface area contributed by atoms with Crippen LogP contribution in [0.5, 0.6) is 0 Å². The van der Waals surface area contributed by atoms with Gasteiger partial charge in [-0.05, 0) is 43.0 Å². The molecule has 0 spiro atoms. The van der Waals surface area contributed by atoms with Gasteiger partial charge >= 0.3 is 5.97 Å². The minimum absolute atomic E-state index is 0.345. The third kappa shape index (κ3) is 17.2. The van der Waals surface area contributed by atoms with Gasteiger partial charge in [-0.1, -0.05) is 139 Å². The lowest BCUT2D eigenvalue weighted by Crippen LogP contribution is -2.01. The zero-order valence-electron chi connectivity index (χ0n) is 23.5. The van der Waals surface area contributed by atoms with E-state index in [2.05, 4.69) is 68.6 Å². The zero-order chi connectivity index (χ0) is 26.3. The molecule has 0 saturated carbocycles. The molecule has 0 aliphatic rings. The molecule has 0 radical (unpaired) electrons. The minimum atomic E-state index is -0.653. The number of unbranched alkanes of at least 4 members (excludes halogenated alkanes) is 14. The molecule has 0 bridgehead atoms. The summed E-state index contributed by atoms with van der Waals surface area (Å²) in [5, 5.41) is 12.0. The number of benzene rings is 2. The Balaban J connectivity index is 0.000000367. The van der Waals surface area contributed by atoms with E-state index in [4.69, 9.17) is 5.11 Å². The molecule has 3 heteroatoms. The Morgan fingerprint density at radius 3 is 1.67 bits per heavy atom. The lowest BCUT2D eigenvalue weighted by molar-refractivity contribution is -0.137. The summed E-state index contributed by atoms with van der Waals surface area (Å²) in [6.45, 7) is 7.45. The van der Waals surface area contributed by atoms with Gasteiger partial charge in [-0.15, -0.1) is 0 Å². The normalized spacial score (nSPS) is 10.5. The molecule has 0 amide bonds. The van der Waals surface area contributed by atoms with Gasteiger partial charge in [0, 0.05) is 18.7 Å². The molecule has 0 fully saturated rings. The lowest BCUT2D eigenvalue weighted by atomic mass is 10.0. The van der Waals surface area contributed by atoms with Crippen molar-refractivity contribution in [3.05, 3.63) is 65.2 Å². The van der Waals surface area contributed by atoms with E-state index in [1.807, 2.05) is 6.07 Å². The Labute approximate surface area is 222 Å². The molecular formula is C33H53NO2. The molecule has 0 aliphatic heterocycles. The van der Waals surface area contributed by atoms with Gasteiger partial charge < -0.3 is 10.4 Å². The molecule has 0 aromatic heterocycles. The number of carboxylic acids is 1. The van der Waals surface area contributed by atoms with Crippen molar-refractivity contribution in [1.29, 1.82) is 0 Å². The quantitative estimate of drug-likeness (QED) is 0.191. The predicted octanol–water partition coefficient (Wildman–Crippen LogP) is 10.2. The number of hydrogen-bond acceptors (Lipinski definition) is 2. The monoisotopic (exact) mass is 495 g/mol. The maximum absolute atomic E-state index is 10.3. The average Bonchev–Trinajstić information content (AvgIpc) is 2.88. The smallest absolute Gasteiger partial charge is 0.303 e. The first kappa shape index (κ1) is 31.7. The first-order valence-corrected chi connectivity index (χ1v) is 14.6. The van der Waals surface area contributed by atoms with E-state index in [0.717, 1.165) is 19.4 Å². The number of carboxylic acid groups (broad SMARTS) is 1. The van der Waals surface area contributed by atoms with Gasteiger partial charge in [0.2, 0.25) is 0 Å². The van der Waals surface area contributed by atoms with Crippen LogP contribution in [-0.2, 0) is 11.3 Å². The topological polar surface area (TPSA) is 49.3 Å². The molecule has 2 aromatic rings. The molecule has 3 nitrogen and oxygen atoms in total. The van der Waals surface area contributed by atoms with Crippen molar-refractivity contribution in [3.8, 4) is 0 Å². The second-order valence-electron chi connectivity index (χ2n) is 10.2. The number of anilines is 1. The summed E-state index contributed by atoms with van der Waals surface area (Å²) < 4.78 is 0. The number of hydrogen-bond donors (Lipinski definition) is 2. The maximum atomic E-state index is 10.3. The van der Waals surface area contributed by atoms with Gasteiger partial charge in [-0.25, -0.2) is 0 Å². The Bertz CT molecular complexity index is 788. The van der Waals surface area contributed by atoms with Crippen LogP contribution in [0.3, 0.4) is 0 Å². The molecule has 2 rings (SSSR count). The van der Waals surface area contributed by atoms with Gasteiger partial charge in [0.1, 0.15) is 0 Å². The number of rotatable bonds is 19. The van der Waals surface area contributed by atoms with Crippen molar-refractivity contribution in [1.82, 2.24) is 0 Å². The second kappa shape index (κ2) is 21.9. The standard InChI is InChI=1S/C18H36O2.C15H17N/c1-2-3-4-5-6-7-8-9-10-11-12-13-14-15-16-17-18(19)20;1-12-7-6-10-15(13(12)2)16-11-14-8-4-3-5-9-14/h2-17H2,1H3,(H,19,20);3-10,16H,11H2,1-2H3. The van der Waals surface area contributed by atoms with Gasteiger partial charge in [0.25, 0.3) is 0 Å². The molecule has 0 saturated heterocycles. The molecular weight excluding hydrogens is 442 g/mol. The number of nitrogens with one attached hydrogen (secondary N) is 1. The third-order valence-electron chi connectivity index (χ3n) is 6.92. The Morgan fingerprint density at radius 1 is 0.667 bits per heavy atom. The summed E-state index contributed by atoms with van der Waals surface area (Å²) in [5.41, 5.74) is 5.20. The summed E-state index contributed by atoms with van der Waals surface area (Å²) in [5.74, 6) is -0.653. The van der Waals surface area contributed by atoms with Crippen molar-refractivity contribution < 1.29 is 9.90 Å². The van der Waals surface area contributed by atoms with Crippen LogP contribution < -0.4 is 5.32 Å². The SMILES string of the molecule is CCCCCCCCCCCCCCCCCC(=O)O.Cc1cccc(NCc2ccccc2)c1C. The molecule has 202 valence electrons. The Hall–Kier alpha value is -2.29. The van der Waals surface area contributed by atoms with E-state index in [9.17, 15) is 4.79 Å². The largest absolute Gasteiger partial charge is 0.481 e. The zero-order valence-corrected chi connectivity index (χ0v) is 23.5. The van der Waals surface area contributed by atoms with Gasteiger partial charge in [-0.2, -0.15) is 0 Å². The molecule has 36 heavy (non-hydrogen) atoms. The molecule has 0 aliphatic carbocycles. The molecule has 0 heterocycles. The number of aryl methyl sites for hydroxylation is 1. The average molecular weight is 496 g/mol. The van der Waals surface area contributed by atoms with Gasteiger partial charge in [-0.3, -0.25) is 4.79 Å². The van der Waals surface area contributed by atoms with Crippen LogP contribution in [0.25, 0.3) is 0 Å². The van der Waals surface area contributed by atoms with E-state index < -0.39 is 5.97 Å². The fraction of sp³-hybridized carbons (Fsp3) is 0.606. The molecule has 2 aromatic carbocycles. The van der Waals surface area contributed by atoms with Crippen LogP contribution in [0.2, 0.25) is 0 Å². The van der Waals surface area contributed by atoms with E-state index >= 15 is 0 Å².